The molecule has 1 rings (SSSR count). The molecule has 0 saturated carbocycles. The van der Waals surface area contributed by atoms with Crippen molar-refractivity contribution in [3.8, 4) is 0 Å². The van der Waals surface area contributed by atoms with Gasteiger partial charge in [0.25, 0.3) is 0 Å². The Labute approximate surface area is 115 Å². The monoisotopic (exact) mass is 286 g/mol. The Morgan fingerprint density at radius 3 is 2.74 bits per heavy atom. The lowest BCUT2D eigenvalue weighted by atomic mass is 10.2. The highest BCUT2D eigenvalue weighted by Crippen LogP contribution is 2.11. The zero-order valence-corrected chi connectivity index (χ0v) is 12.5. The highest BCUT2D eigenvalue weighted by molar-refractivity contribution is 7.89. The zero-order valence-electron chi connectivity index (χ0n) is 11.6. The van der Waals surface area contributed by atoms with Gasteiger partial charge in [0.15, 0.2) is 0 Å². The highest BCUT2D eigenvalue weighted by Gasteiger charge is 2.15. The Morgan fingerprint density at radius 2 is 2.11 bits per heavy atom. The quantitative estimate of drug-likeness (QED) is 0.747. The van der Waals surface area contributed by atoms with Gasteiger partial charge in [0, 0.05) is 26.8 Å². The fraction of sp³-hybridized carbons (Fsp3) is 0.538. The average Bonchev–Trinajstić information content (AvgIpc) is 2.38. The van der Waals surface area contributed by atoms with Crippen LogP contribution in [-0.2, 0) is 21.3 Å². The summed E-state index contributed by atoms with van der Waals surface area (Å²) in [6.45, 7) is 3.47. The fourth-order valence-electron chi connectivity index (χ4n) is 1.71. The fourth-order valence-corrected chi connectivity index (χ4v) is 2.94. The SMILES string of the molecule is CNCc1cccc(S(=O)(=O)NCC(C)COC)c1. The van der Waals surface area contributed by atoms with Gasteiger partial charge in [0.2, 0.25) is 10.0 Å². The van der Waals surface area contributed by atoms with Crippen molar-refractivity contribution in [2.45, 2.75) is 18.4 Å². The minimum Gasteiger partial charge on any atom is -0.384 e. The molecular weight excluding hydrogens is 264 g/mol. The first kappa shape index (κ1) is 16.1. The van der Waals surface area contributed by atoms with Crippen molar-refractivity contribution in [2.75, 3.05) is 27.3 Å². The molecule has 0 aliphatic heterocycles. The number of sulfonamides is 1. The van der Waals surface area contributed by atoms with E-state index >= 15 is 0 Å². The van der Waals surface area contributed by atoms with Gasteiger partial charge in [-0.3, -0.25) is 0 Å². The zero-order chi connectivity index (χ0) is 14.3. The molecule has 19 heavy (non-hydrogen) atoms. The van der Waals surface area contributed by atoms with Gasteiger partial charge in [0.1, 0.15) is 0 Å². The maximum atomic E-state index is 12.1. The summed E-state index contributed by atoms with van der Waals surface area (Å²) in [5.74, 6) is 0.139. The molecule has 0 aliphatic carbocycles. The molecule has 0 fully saturated rings. The summed E-state index contributed by atoms with van der Waals surface area (Å²) >= 11 is 0. The molecule has 2 N–H and O–H groups in total. The van der Waals surface area contributed by atoms with Crippen molar-refractivity contribution in [1.82, 2.24) is 10.0 Å². The first-order chi connectivity index (χ1) is 8.99. The first-order valence-corrected chi connectivity index (χ1v) is 7.70. The van der Waals surface area contributed by atoms with Gasteiger partial charge in [-0.25, -0.2) is 13.1 Å². The molecule has 5 nitrogen and oxygen atoms in total. The highest BCUT2D eigenvalue weighted by atomic mass is 32.2. The van der Waals surface area contributed by atoms with Crippen LogP contribution >= 0.6 is 0 Å². The summed E-state index contributed by atoms with van der Waals surface area (Å²) < 4.78 is 31.8. The molecule has 1 unspecified atom stereocenters. The Balaban J connectivity index is 2.74. The number of benzene rings is 1. The molecule has 1 atom stereocenters. The second-order valence-electron chi connectivity index (χ2n) is 4.59. The molecule has 0 radical (unpaired) electrons. The maximum Gasteiger partial charge on any atom is 0.240 e. The number of nitrogens with one attached hydrogen (secondary N) is 2. The Hall–Kier alpha value is -0.950. The van der Waals surface area contributed by atoms with E-state index in [4.69, 9.17) is 4.74 Å². The average molecular weight is 286 g/mol. The van der Waals surface area contributed by atoms with E-state index in [0.717, 1.165) is 5.56 Å². The molecular formula is C13H22N2O3S. The van der Waals surface area contributed by atoms with E-state index in [1.54, 1.807) is 25.3 Å². The van der Waals surface area contributed by atoms with Crippen LogP contribution in [0, 0.1) is 5.92 Å². The number of rotatable bonds is 8. The van der Waals surface area contributed by atoms with Crippen molar-refractivity contribution in [1.29, 1.82) is 0 Å². The topological polar surface area (TPSA) is 67.4 Å². The van der Waals surface area contributed by atoms with Crippen LogP contribution in [0.15, 0.2) is 29.2 Å². The number of hydrogen-bond acceptors (Lipinski definition) is 4. The van der Waals surface area contributed by atoms with Crippen LogP contribution in [0.2, 0.25) is 0 Å². The van der Waals surface area contributed by atoms with E-state index in [0.29, 0.717) is 24.6 Å². The van der Waals surface area contributed by atoms with Gasteiger partial charge in [-0.15, -0.1) is 0 Å². The van der Waals surface area contributed by atoms with Crippen molar-refractivity contribution >= 4 is 10.0 Å². The Morgan fingerprint density at radius 1 is 1.37 bits per heavy atom. The van der Waals surface area contributed by atoms with E-state index in [1.807, 2.05) is 20.0 Å². The third-order valence-corrected chi connectivity index (χ3v) is 4.08. The van der Waals surface area contributed by atoms with Gasteiger partial charge in [-0.2, -0.15) is 0 Å². The van der Waals surface area contributed by atoms with Crippen molar-refractivity contribution in [2.24, 2.45) is 5.92 Å². The molecule has 1 aromatic carbocycles. The molecule has 0 heterocycles. The van der Waals surface area contributed by atoms with Crippen molar-refractivity contribution in [3.63, 3.8) is 0 Å². The number of ether oxygens (including phenoxy) is 1. The van der Waals surface area contributed by atoms with Gasteiger partial charge in [-0.05, 0) is 30.7 Å². The van der Waals surface area contributed by atoms with Crippen LogP contribution in [0.1, 0.15) is 12.5 Å². The van der Waals surface area contributed by atoms with Gasteiger partial charge in [0.05, 0.1) is 4.90 Å². The smallest absolute Gasteiger partial charge is 0.240 e. The molecule has 0 spiro atoms. The van der Waals surface area contributed by atoms with E-state index in [2.05, 4.69) is 10.0 Å². The molecule has 108 valence electrons. The standard InChI is InChI=1S/C13H22N2O3S/c1-11(10-18-3)8-15-19(16,17)13-6-4-5-12(7-13)9-14-2/h4-7,11,14-15H,8-10H2,1-3H3. The van der Waals surface area contributed by atoms with Crippen LogP contribution in [0.5, 0.6) is 0 Å². The summed E-state index contributed by atoms with van der Waals surface area (Å²) in [6, 6.07) is 6.92. The second kappa shape index (κ2) is 7.59. The minimum atomic E-state index is -3.45. The summed E-state index contributed by atoms with van der Waals surface area (Å²) in [6.07, 6.45) is 0. The predicted octanol–water partition coefficient (Wildman–Crippen LogP) is 0.967. The van der Waals surface area contributed by atoms with Crippen molar-refractivity contribution < 1.29 is 13.2 Å². The third-order valence-electron chi connectivity index (χ3n) is 2.66. The summed E-state index contributed by atoms with van der Waals surface area (Å²) in [5, 5.41) is 3.00. The largest absolute Gasteiger partial charge is 0.384 e. The molecule has 0 aromatic heterocycles. The van der Waals surface area contributed by atoms with E-state index < -0.39 is 10.0 Å². The van der Waals surface area contributed by atoms with Crippen LogP contribution < -0.4 is 10.0 Å². The van der Waals surface area contributed by atoms with Gasteiger partial charge < -0.3 is 10.1 Å². The molecule has 0 bridgehead atoms. The lowest BCUT2D eigenvalue weighted by molar-refractivity contribution is 0.161. The molecule has 0 amide bonds. The Kier molecular flexibility index (Phi) is 6.44. The molecule has 0 aliphatic rings. The van der Waals surface area contributed by atoms with E-state index in [-0.39, 0.29) is 5.92 Å². The summed E-state index contributed by atoms with van der Waals surface area (Å²) in [4.78, 5) is 0.296. The third kappa shape index (κ3) is 5.28. The van der Waals surface area contributed by atoms with Gasteiger partial charge in [-0.1, -0.05) is 19.1 Å². The van der Waals surface area contributed by atoms with Crippen molar-refractivity contribution in [3.05, 3.63) is 29.8 Å². The predicted molar refractivity (Wildman–Crippen MR) is 75.4 cm³/mol. The van der Waals surface area contributed by atoms with E-state index in [9.17, 15) is 8.42 Å². The first-order valence-electron chi connectivity index (χ1n) is 6.21. The van der Waals surface area contributed by atoms with E-state index in [1.165, 1.54) is 0 Å². The molecule has 1 aromatic rings. The van der Waals surface area contributed by atoms with Crippen LogP contribution in [0.4, 0.5) is 0 Å². The summed E-state index contributed by atoms with van der Waals surface area (Å²) in [7, 11) is -0.0192. The minimum absolute atomic E-state index is 0.139. The number of hydrogen-bond donors (Lipinski definition) is 2. The second-order valence-corrected chi connectivity index (χ2v) is 6.36. The van der Waals surface area contributed by atoms with Crippen LogP contribution in [-0.4, -0.2) is 35.7 Å². The van der Waals surface area contributed by atoms with Crippen LogP contribution in [0.25, 0.3) is 0 Å². The number of methoxy groups -OCH3 is 1. The Bertz CT molecular complexity index is 488. The molecule has 6 heteroatoms. The lowest BCUT2D eigenvalue weighted by Crippen LogP contribution is -2.30. The normalized spacial score (nSPS) is 13.4. The lowest BCUT2D eigenvalue weighted by Gasteiger charge is -2.12. The van der Waals surface area contributed by atoms with Crippen LogP contribution in [0.3, 0.4) is 0 Å². The maximum absolute atomic E-state index is 12.1. The van der Waals surface area contributed by atoms with Gasteiger partial charge >= 0.3 is 0 Å². The molecule has 0 saturated heterocycles. The summed E-state index contributed by atoms with van der Waals surface area (Å²) in [5.41, 5.74) is 0.940.